The van der Waals surface area contributed by atoms with Gasteiger partial charge in [-0.2, -0.15) is 0 Å². The average molecular weight is 961 g/mol. The van der Waals surface area contributed by atoms with Crippen LogP contribution in [0.4, 0.5) is 0 Å². The normalized spacial score (nSPS) is 9.67. The van der Waals surface area contributed by atoms with Crippen molar-refractivity contribution < 1.29 is 0 Å². The van der Waals surface area contributed by atoms with Crippen LogP contribution in [-0.4, -0.2) is 29.9 Å². The summed E-state index contributed by atoms with van der Waals surface area (Å²) >= 11 is 0. The number of fused-ring (bicyclic) bond motifs is 1. The Morgan fingerprint density at radius 2 is 0.431 bits per heavy atom. The molecule has 0 atom stereocenters. The quantitative estimate of drug-likeness (QED) is 0.172. The largest absolute Gasteiger partial charge is 0.219 e. The van der Waals surface area contributed by atoms with Gasteiger partial charge in [-0.3, -0.25) is 0 Å². The molecule has 9 aromatic rings. The van der Waals surface area contributed by atoms with E-state index in [4.69, 9.17) is 0 Å². The third-order valence-electron chi connectivity index (χ3n) is 12.8. The maximum Gasteiger partial charge on any atom is 0.163 e. The molecule has 6 heteroatoms. The maximum absolute atomic E-state index is 4.39. The Morgan fingerprint density at radius 3 is 0.708 bits per heavy atom. The number of aromatic nitrogens is 6. The van der Waals surface area contributed by atoms with Gasteiger partial charge < -0.3 is 0 Å². The molecule has 0 amide bonds. The third kappa shape index (κ3) is 18.9. The average Bonchev–Trinajstić information content (AvgIpc) is 3.42. The minimum atomic E-state index is 0.741. The van der Waals surface area contributed by atoms with Crippen LogP contribution in [0.2, 0.25) is 0 Å². The zero-order valence-electron chi connectivity index (χ0n) is 47.5. The van der Waals surface area contributed by atoms with E-state index >= 15 is 0 Å². The predicted octanol–water partition coefficient (Wildman–Crippen LogP) is 18.0. The molecule has 6 nitrogen and oxygen atoms in total. The highest BCUT2D eigenvalue weighted by molar-refractivity contribution is 5.86. The molecule has 72 heavy (non-hydrogen) atoms. The van der Waals surface area contributed by atoms with Crippen molar-refractivity contribution in [3.63, 3.8) is 0 Å². The Bertz CT molecular complexity index is 2590. The van der Waals surface area contributed by atoms with Crippen molar-refractivity contribution in [2.75, 3.05) is 0 Å². The van der Waals surface area contributed by atoms with Gasteiger partial charge in [0, 0.05) is 11.1 Å². The lowest BCUT2D eigenvalue weighted by Crippen LogP contribution is -1.98. The second kappa shape index (κ2) is 31.9. The van der Waals surface area contributed by atoms with Crippen molar-refractivity contribution in [3.8, 4) is 22.8 Å². The van der Waals surface area contributed by atoms with Gasteiger partial charge in [0.1, 0.15) is 23.3 Å². The minimum Gasteiger partial charge on any atom is -0.219 e. The monoisotopic (exact) mass is 961 g/mol. The van der Waals surface area contributed by atoms with Crippen LogP contribution in [-0.2, 0) is 0 Å². The SMILES string of the molecule is CC.CC.Cc1c(C)c(C)c(C)c(C)c1C.Cc1c(C)c(C)c(C)c(C)c1C.Cc1nc(C)nc(-c2ccc3ccccc3c2)n1.Cc1nc(C)nc(-c2ccccc2)n1.c1ccccc1.c1ccccc1. The van der Waals surface area contributed by atoms with Gasteiger partial charge in [0.05, 0.1) is 0 Å². The number of aryl methyl sites for hydroxylation is 4. The van der Waals surface area contributed by atoms with E-state index in [1.165, 1.54) is 77.5 Å². The summed E-state index contributed by atoms with van der Waals surface area (Å²) in [5.41, 5.74) is 19.5. The van der Waals surface area contributed by atoms with Gasteiger partial charge in [0.25, 0.3) is 0 Å². The zero-order valence-corrected chi connectivity index (χ0v) is 47.5. The topological polar surface area (TPSA) is 77.3 Å². The van der Waals surface area contributed by atoms with Gasteiger partial charge >= 0.3 is 0 Å². The molecule has 7 aromatic carbocycles. The van der Waals surface area contributed by atoms with Crippen LogP contribution in [0.5, 0.6) is 0 Å². The number of hydrogen-bond acceptors (Lipinski definition) is 6. The number of nitrogens with zero attached hydrogens (tertiary/aromatic N) is 6. The molecule has 0 N–H and O–H groups in total. The van der Waals surface area contributed by atoms with Crippen LogP contribution in [0.3, 0.4) is 0 Å². The first-order valence-electron chi connectivity index (χ1n) is 25.4. The maximum atomic E-state index is 4.39. The van der Waals surface area contributed by atoms with Gasteiger partial charge in [-0.15, -0.1) is 0 Å². The summed E-state index contributed by atoms with van der Waals surface area (Å²) in [4.78, 5) is 25.7. The van der Waals surface area contributed by atoms with Crippen molar-refractivity contribution in [1.29, 1.82) is 0 Å². The lowest BCUT2D eigenvalue weighted by Gasteiger charge is -2.15. The van der Waals surface area contributed by atoms with Gasteiger partial charge in [0.15, 0.2) is 11.6 Å². The van der Waals surface area contributed by atoms with Gasteiger partial charge in [-0.05, 0) is 194 Å². The summed E-state index contributed by atoms with van der Waals surface area (Å²) in [5, 5.41) is 2.43. The smallest absolute Gasteiger partial charge is 0.163 e. The molecular formula is C66H84N6. The Kier molecular flexibility index (Phi) is 27.0. The van der Waals surface area contributed by atoms with Crippen LogP contribution in [0.25, 0.3) is 33.5 Å². The van der Waals surface area contributed by atoms with Crippen molar-refractivity contribution in [1.82, 2.24) is 29.9 Å². The summed E-state index contributed by atoms with van der Waals surface area (Å²) < 4.78 is 0. The Morgan fingerprint density at radius 1 is 0.208 bits per heavy atom. The first-order chi connectivity index (χ1) is 34.4. The van der Waals surface area contributed by atoms with Crippen LogP contribution < -0.4 is 0 Å². The Hall–Kier alpha value is -7.18. The summed E-state index contributed by atoms with van der Waals surface area (Å²) in [6.07, 6.45) is 0. The van der Waals surface area contributed by atoms with Crippen molar-refractivity contribution >= 4 is 10.8 Å². The van der Waals surface area contributed by atoms with Crippen LogP contribution >= 0.6 is 0 Å². The molecule has 0 saturated heterocycles. The molecule has 0 fully saturated rings. The molecule has 0 spiro atoms. The van der Waals surface area contributed by atoms with E-state index in [1.807, 2.05) is 171 Å². The Labute approximate surface area is 435 Å². The van der Waals surface area contributed by atoms with Gasteiger partial charge in [-0.25, -0.2) is 29.9 Å². The minimum absolute atomic E-state index is 0.741. The summed E-state index contributed by atoms with van der Waals surface area (Å²) in [6, 6.07) is 48.5. The van der Waals surface area contributed by atoms with Crippen LogP contribution in [0.1, 0.15) is 118 Å². The molecule has 0 saturated carbocycles. The molecule has 378 valence electrons. The molecule has 0 aliphatic carbocycles. The molecular weight excluding hydrogens is 877 g/mol. The van der Waals surface area contributed by atoms with E-state index in [-0.39, 0.29) is 0 Å². The molecule has 0 aliphatic heterocycles. The predicted molar refractivity (Wildman–Crippen MR) is 312 cm³/mol. The van der Waals surface area contributed by atoms with Crippen molar-refractivity contribution in [2.24, 2.45) is 0 Å². The molecule has 9 rings (SSSR count). The third-order valence-corrected chi connectivity index (χ3v) is 12.8. The van der Waals surface area contributed by atoms with Crippen molar-refractivity contribution in [2.45, 2.75) is 138 Å². The molecule has 0 unspecified atom stereocenters. The molecule has 0 radical (unpaired) electrons. The van der Waals surface area contributed by atoms with E-state index < -0.39 is 0 Å². The highest BCUT2D eigenvalue weighted by atomic mass is 15.0. The fraction of sp³-hybridized carbons (Fsp3) is 0.303. The first-order valence-corrected chi connectivity index (χ1v) is 25.4. The number of rotatable bonds is 2. The van der Waals surface area contributed by atoms with Crippen LogP contribution in [0.15, 0.2) is 146 Å². The van der Waals surface area contributed by atoms with Crippen molar-refractivity contribution in [3.05, 3.63) is 236 Å². The highest BCUT2D eigenvalue weighted by Crippen LogP contribution is 2.26. The zero-order chi connectivity index (χ0) is 53.9. The standard InChI is InChI=1S/C15H13N3.2C12H18.C11H11N3.2C6H6.2C2H6/c1-10-16-11(2)18-15(17-10)14-8-7-12-5-3-4-6-13(12)9-14;2*1-7-8(2)10(4)12(6)11(5)9(7)3;1-8-12-9(2)14-11(13-8)10-6-4-3-5-7-10;2*1-2-4-6-5-3-1;2*1-2/h3-9H,1-2H3;2*1-6H3;3-7H,1-2H3;2*1-6H;2*1-2H3. The first kappa shape index (κ1) is 60.9. The lowest BCUT2D eigenvalue weighted by atomic mass is 9.90. The lowest BCUT2D eigenvalue weighted by molar-refractivity contribution is 0.928. The van der Waals surface area contributed by atoms with E-state index in [2.05, 4.69) is 143 Å². The second-order valence-corrected chi connectivity index (χ2v) is 17.2. The summed E-state index contributed by atoms with van der Waals surface area (Å²) in [5.74, 6) is 4.52. The van der Waals surface area contributed by atoms with E-state index in [0.29, 0.717) is 0 Å². The van der Waals surface area contributed by atoms with E-state index in [0.717, 1.165) is 46.1 Å². The summed E-state index contributed by atoms with van der Waals surface area (Å²) in [6.45, 7) is 42.1. The number of hydrogen-bond donors (Lipinski definition) is 0. The van der Waals surface area contributed by atoms with Gasteiger partial charge in [-0.1, -0.05) is 167 Å². The van der Waals surface area contributed by atoms with E-state index in [9.17, 15) is 0 Å². The van der Waals surface area contributed by atoms with Gasteiger partial charge in [0.2, 0.25) is 0 Å². The molecule has 0 bridgehead atoms. The van der Waals surface area contributed by atoms with E-state index in [1.54, 1.807) is 0 Å². The Balaban J connectivity index is 0.000000302. The molecule has 0 aliphatic rings. The number of benzene rings is 7. The fourth-order valence-corrected chi connectivity index (χ4v) is 7.55. The molecule has 2 heterocycles. The second-order valence-electron chi connectivity index (χ2n) is 17.2. The fourth-order valence-electron chi connectivity index (χ4n) is 7.55. The highest BCUT2D eigenvalue weighted by Gasteiger charge is 2.09. The molecule has 2 aromatic heterocycles. The summed E-state index contributed by atoms with van der Waals surface area (Å²) in [7, 11) is 0. The van der Waals surface area contributed by atoms with Crippen LogP contribution in [0, 0.1) is 111 Å².